The number of hydrogen-bond acceptors (Lipinski definition) is 5. The van der Waals surface area contributed by atoms with Crippen LogP contribution in [0.1, 0.15) is 37.7 Å². The Morgan fingerprint density at radius 1 is 0.892 bits per heavy atom. The van der Waals surface area contributed by atoms with Gasteiger partial charge in [0.2, 0.25) is 11.2 Å². The van der Waals surface area contributed by atoms with Gasteiger partial charge < -0.3 is 13.9 Å². The maximum absolute atomic E-state index is 13.8. The van der Waals surface area contributed by atoms with Gasteiger partial charge in [-0.25, -0.2) is 4.79 Å². The zero-order valence-corrected chi connectivity index (χ0v) is 20.3. The maximum atomic E-state index is 13.8. The van der Waals surface area contributed by atoms with Crippen molar-refractivity contribution in [1.29, 1.82) is 0 Å². The van der Waals surface area contributed by atoms with E-state index >= 15 is 0 Å². The maximum Gasteiger partial charge on any atom is 0.453 e. The van der Waals surface area contributed by atoms with Crippen molar-refractivity contribution in [1.82, 2.24) is 0 Å². The van der Waals surface area contributed by atoms with Crippen molar-refractivity contribution < 1.29 is 31.9 Å². The van der Waals surface area contributed by atoms with Crippen molar-refractivity contribution in [3.05, 3.63) is 106 Å². The molecule has 0 fully saturated rings. The van der Waals surface area contributed by atoms with Crippen molar-refractivity contribution in [2.45, 2.75) is 32.4 Å². The molecule has 4 rings (SSSR count). The fraction of sp³-hybridized carbons (Fsp3) is 0.172. The first-order valence-corrected chi connectivity index (χ1v) is 11.3. The molecular formula is C29H23F3O5. The lowest BCUT2D eigenvalue weighted by atomic mass is 9.87. The zero-order valence-electron chi connectivity index (χ0n) is 20.3. The Kier molecular flexibility index (Phi) is 6.94. The molecule has 0 spiro atoms. The summed E-state index contributed by atoms with van der Waals surface area (Å²) in [4.78, 5) is 25.2. The number of halogens is 3. The van der Waals surface area contributed by atoms with Gasteiger partial charge in [-0.05, 0) is 46.9 Å². The summed E-state index contributed by atoms with van der Waals surface area (Å²) in [5, 5.41) is -0.158. The van der Waals surface area contributed by atoms with Crippen LogP contribution < -0.4 is 14.9 Å². The first-order chi connectivity index (χ1) is 17.4. The van der Waals surface area contributed by atoms with E-state index in [-0.39, 0.29) is 22.3 Å². The average molecular weight is 508 g/mol. The van der Waals surface area contributed by atoms with E-state index in [1.165, 1.54) is 36.4 Å². The molecule has 0 N–H and O–H groups in total. The summed E-state index contributed by atoms with van der Waals surface area (Å²) < 4.78 is 57.2. The van der Waals surface area contributed by atoms with Crippen LogP contribution in [0.2, 0.25) is 0 Å². The minimum atomic E-state index is -5.01. The standard InChI is InChI=1S/C29H23F3O5/c1-28(2,3)19-10-12-20(13-11-19)36-26-25(34)22-15-14-21(17-23(22)37-27(26)29(30,31)32)35-24(33)16-9-18-7-5-4-6-8-18/h4-17H,1-3H3/b16-9+. The van der Waals surface area contributed by atoms with E-state index < -0.39 is 34.7 Å². The third kappa shape index (κ3) is 6.09. The van der Waals surface area contributed by atoms with Crippen molar-refractivity contribution in [3.63, 3.8) is 0 Å². The molecule has 8 heteroatoms. The summed E-state index contributed by atoms with van der Waals surface area (Å²) in [5.41, 5.74) is 0.137. The van der Waals surface area contributed by atoms with Crippen LogP contribution in [0.5, 0.6) is 17.2 Å². The predicted molar refractivity (Wildman–Crippen MR) is 134 cm³/mol. The Labute approximate surface area is 210 Å². The van der Waals surface area contributed by atoms with Gasteiger partial charge in [-0.3, -0.25) is 4.79 Å². The van der Waals surface area contributed by atoms with Gasteiger partial charge in [-0.2, -0.15) is 13.2 Å². The Bertz CT molecular complexity index is 1510. The van der Waals surface area contributed by atoms with E-state index in [1.807, 2.05) is 26.8 Å². The minimum absolute atomic E-state index is 0.0564. The monoisotopic (exact) mass is 508 g/mol. The van der Waals surface area contributed by atoms with E-state index in [9.17, 15) is 22.8 Å². The predicted octanol–water partition coefficient (Wildman–Crippen LogP) is 7.52. The molecular weight excluding hydrogens is 485 g/mol. The Morgan fingerprint density at radius 2 is 1.54 bits per heavy atom. The lowest BCUT2D eigenvalue weighted by Crippen LogP contribution is -2.16. The number of carbonyl (C=O) groups excluding carboxylic acids is 1. The quantitative estimate of drug-likeness (QED) is 0.158. The van der Waals surface area contributed by atoms with Gasteiger partial charge in [-0.15, -0.1) is 0 Å². The van der Waals surface area contributed by atoms with Crippen LogP contribution in [-0.4, -0.2) is 5.97 Å². The normalized spacial score (nSPS) is 12.2. The summed E-state index contributed by atoms with van der Waals surface area (Å²) in [5.74, 6) is -3.34. The molecule has 0 aliphatic rings. The first-order valence-electron chi connectivity index (χ1n) is 11.3. The van der Waals surface area contributed by atoms with Gasteiger partial charge in [0.25, 0.3) is 5.76 Å². The molecule has 37 heavy (non-hydrogen) atoms. The molecule has 0 amide bonds. The van der Waals surface area contributed by atoms with E-state index in [0.29, 0.717) is 0 Å². The SMILES string of the molecule is CC(C)(C)c1ccc(Oc2c(C(F)(F)F)oc3cc(OC(=O)/C=C/c4ccccc4)ccc3c2=O)cc1. The van der Waals surface area contributed by atoms with Gasteiger partial charge in [0.1, 0.15) is 17.1 Å². The van der Waals surface area contributed by atoms with Crippen LogP contribution in [0.4, 0.5) is 13.2 Å². The van der Waals surface area contributed by atoms with Gasteiger partial charge in [0.05, 0.1) is 5.39 Å². The zero-order chi connectivity index (χ0) is 26.8. The highest BCUT2D eigenvalue weighted by Crippen LogP contribution is 2.39. The van der Waals surface area contributed by atoms with Crippen molar-refractivity contribution in [2.24, 2.45) is 0 Å². The molecule has 0 radical (unpaired) electrons. The number of alkyl halides is 3. The number of rotatable bonds is 5. The summed E-state index contributed by atoms with van der Waals surface area (Å²) in [6, 6.07) is 19.0. The number of hydrogen-bond donors (Lipinski definition) is 0. The van der Waals surface area contributed by atoms with E-state index in [2.05, 4.69) is 0 Å². The Morgan fingerprint density at radius 3 is 2.16 bits per heavy atom. The molecule has 0 bridgehead atoms. The van der Waals surface area contributed by atoms with Crippen molar-refractivity contribution >= 4 is 23.0 Å². The summed E-state index contributed by atoms with van der Waals surface area (Å²) in [6.45, 7) is 5.98. The second-order valence-corrected chi connectivity index (χ2v) is 9.29. The second kappa shape index (κ2) is 9.97. The number of esters is 1. The van der Waals surface area contributed by atoms with Crippen molar-refractivity contribution in [3.8, 4) is 17.2 Å². The fourth-order valence-corrected chi connectivity index (χ4v) is 3.52. The van der Waals surface area contributed by atoms with Crippen LogP contribution in [-0.2, 0) is 16.4 Å². The Balaban J connectivity index is 1.66. The first kappa shape index (κ1) is 25.8. The summed E-state index contributed by atoms with van der Waals surface area (Å²) in [6.07, 6.45) is -2.30. The fourth-order valence-electron chi connectivity index (χ4n) is 3.52. The van der Waals surface area contributed by atoms with Crippen LogP contribution in [0.25, 0.3) is 17.0 Å². The van der Waals surface area contributed by atoms with Crippen molar-refractivity contribution in [2.75, 3.05) is 0 Å². The van der Waals surface area contributed by atoms with Gasteiger partial charge in [-0.1, -0.05) is 63.2 Å². The molecule has 1 aromatic heterocycles. The highest BCUT2D eigenvalue weighted by Gasteiger charge is 2.40. The summed E-state index contributed by atoms with van der Waals surface area (Å²) >= 11 is 0. The molecule has 190 valence electrons. The molecule has 0 aliphatic heterocycles. The molecule has 5 nitrogen and oxygen atoms in total. The molecule has 0 saturated carbocycles. The number of benzene rings is 3. The second-order valence-electron chi connectivity index (χ2n) is 9.29. The molecule has 0 atom stereocenters. The molecule has 0 saturated heterocycles. The highest BCUT2D eigenvalue weighted by atomic mass is 19.4. The largest absolute Gasteiger partial charge is 0.453 e. The number of carbonyl (C=O) groups is 1. The Hall–Kier alpha value is -4.33. The molecule has 3 aromatic carbocycles. The molecule has 1 heterocycles. The third-order valence-electron chi connectivity index (χ3n) is 5.45. The molecule has 0 aliphatic carbocycles. The smallest absolute Gasteiger partial charge is 0.449 e. The third-order valence-corrected chi connectivity index (χ3v) is 5.45. The van der Waals surface area contributed by atoms with Crippen LogP contribution >= 0.6 is 0 Å². The topological polar surface area (TPSA) is 65.7 Å². The van der Waals surface area contributed by atoms with Crippen LogP contribution in [0.15, 0.2) is 88.1 Å². The highest BCUT2D eigenvalue weighted by molar-refractivity contribution is 5.89. The average Bonchev–Trinajstić information content (AvgIpc) is 2.84. The number of fused-ring (bicyclic) bond motifs is 1. The van der Waals surface area contributed by atoms with Gasteiger partial charge in [0, 0.05) is 12.1 Å². The van der Waals surface area contributed by atoms with Crippen LogP contribution in [0, 0.1) is 0 Å². The number of ether oxygens (including phenoxy) is 2. The summed E-state index contributed by atoms with van der Waals surface area (Å²) in [7, 11) is 0. The lowest BCUT2D eigenvalue weighted by molar-refractivity contribution is -0.154. The van der Waals surface area contributed by atoms with E-state index in [4.69, 9.17) is 13.9 Å². The molecule has 4 aromatic rings. The lowest BCUT2D eigenvalue weighted by Gasteiger charge is -2.19. The molecule has 0 unspecified atom stereocenters. The van der Waals surface area contributed by atoms with E-state index in [0.717, 1.165) is 17.2 Å². The van der Waals surface area contributed by atoms with Crippen LogP contribution in [0.3, 0.4) is 0 Å². The minimum Gasteiger partial charge on any atom is -0.449 e. The van der Waals surface area contributed by atoms with Gasteiger partial charge >= 0.3 is 12.1 Å². The van der Waals surface area contributed by atoms with Gasteiger partial charge in [0.15, 0.2) is 0 Å². The van der Waals surface area contributed by atoms with E-state index in [1.54, 1.807) is 36.4 Å².